The highest BCUT2D eigenvalue weighted by Crippen LogP contribution is 2.32. The third kappa shape index (κ3) is 7.04. The molecule has 198 valence electrons. The summed E-state index contributed by atoms with van der Waals surface area (Å²) in [7, 11) is 0.221. The maximum atomic E-state index is 13.6. The molecule has 0 bridgehead atoms. The molecule has 10 heteroatoms. The van der Waals surface area contributed by atoms with Gasteiger partial charge in [-0.15, -0.1) is 13.2 Å². The second-order valence-corrected chi connectivity index (χ2v) is 11.5. The lowest BCUT2D eigenvalue weighted by atomic mass is 10.2. The number of thiazole rings is 1. The number of carbonyl (C=O) groups excluding carboxylic acids is 1. The van der Waals surface area contributed by atoms with Crippen molar-refractivity contribution in [2.45, 2.75) is 18.2 Å². The van der Waals surface area contributed by atoms with Crippen molar-refractivity contribution < 1.29 is 17.9 Å². The third-order valence-electron chi connectivity index (χ3n) is 5.53. The molecule has 37 heavy (non-hydrogen) atoms. The quantitative estimate of drug-likeness (QED) is 0.276. The number of anilines is 1. The molecule has 1 amide bonds. The van der Waals surface area contributed by atoms with Gasteiger partial charge in [-0.05, 0) is 76.4 Å². The summed E-state index contributed by atoms with van der Waals surface area (Å²) in [6.45, 7) is 11.4. The summed E-state index contributed by atoms with van der Waals surface area (Å²) >= 11 is 1.43. The first-order valence-electron chi connectivity index (χ1n) is 12.0. The van der Waals surface area contributed by atoms with Gasteiger partial charge in [0.25, 0.3) is 5.91 Å². The standard InChI is InChI=1S/C27H34N4O4S2/c1-6-16-30(17-7-2)37(33,34)23-13-10-21(11-14-23)26(32)31(19-9-18-29(4)5)27-28-24-15-12-22(35-8-3)20-25(24)36-27/h6-7,10-15,20H,1-2,8-9,16-19H2,3-5H3. The van der Waals surface area contributed by atoms with Crippen LogP contribution >= 0.6 is 11.3 Å². The van der Waals surface area contributed by atoms with Crippen molar-refractivity contribution >= 4 is 42.6 Å². The lowest BCUT2D eigenvalue weighted by Gasteiger charge is -2.22. The van der Waals surface area contributed by atoms with E-state index in [-0.39, 0.29) is 23.9 Å². The van der Waals surface area contributed by atoms with Crippen LogP contribution in [0, 0.1) is 0 Å². The fraction of sp³-hybridized carbons (Fsp3) is 0.333. The van der Waals surface area contributed by atoms with Crippen molar-refractivity contribution in [2.24, 2.45) is 0 Å². The minimum absolute atomic E-state index is 0.107. The maximum Gasteiger partial charge on any atom is 0.260 e. The first kappa shape index (κ1) is 28.5. The van der Waals surface area contributed by atoms with E-state index >= 15 is 0 Å². The van der Waals surface area contributed by atoms with Gasteiger partial charge < -0.3 is 9.64 Å². The number of sulfonamides is 1. The predicted octanol–water partition coefficient (Wildman–Crippen LogP) is 4.66. The van der Waals surface area contributed by atoms with Crippen LogP contribution in [0.25, 0.3) is 10.2 Å². The number of hydrogen-bond acceptors (Lipinski definition) is 7. The highest BCUT2D eigenvalue weighted by atomic mass is 32.2. The molecule has 0 atom stereocenters. The maximum absolute atomic E-state index is 13.6. The Hall–Kier alpha value is -3.05. The Balaban J connectivity index is 1.92. The zero-order chi connectivity index (χ0) is 27.0. The molecule has 1 aromatic heterocycles. The van der Waals surface area contributed by atoms with E-state index in [2.05, 4.69) is 18.1 Å². The average molecular weight is 543 g/mol. The predicted molar refractivity (Wildman–Crippen MR) is 151 cm³/mol. The Labute approximate surface area is 223 Å². The molecule has 2 aromatic carbocycles. The molecule has 0 spiro atoms. The fourth-order valence-corrected chi connectivity index (χ4v) is 6.13. The smallest absolute Gasteiger partial charge is 0.260 e. The van der Waals surface area contributed by atoms with Gasteiger partial charge in [0, 0.05) is 25.2 Å². The Kier molecular flexibility index (Phi) is 9.99. The molecule has 1 heterocycles. The molecule has 0 fully saturated rings. The van der Waals surface area contributed by atoms with Crippen LogP contribution in [0.3, 0.4) is 0 Å². The normalized spacial score (nSPS) is 11.7. The van der Waals surface area contributed by atoms with Crippen molar-refractivity contribution in [3.63, 3.8) is 0 Å². The second kappa shape index (κ2) is 13.0. The number of rotatable bonds is 14. The molecular weight excluding hydrogens is 508 g/mol. The van der Waals surface area contributed by atoms with Gasteiger partial charge in [-0.25, -0.2) is 13.4 Å². The summed E-state index contributed by atoms with van der Waals surface area (Å²) < 4.78 is 33.9. The summed E-state index contributed by atoms with van der Waals surface area (Å²) in [5.74, 6) is 0.523. The fourth-order valence-electron chi connectivity index (χ4n) is 3.73. The van der Waals surface area contributed by atoms with Crippen LogP contribution < -0.4 is 9.64 Å². The van der Waals surface area contributed by atoms with Crippen LogP contribution in [-0.2, 0) is 10.0 Å². The van der Waals surface area contributed by atoms with Gasteiger partial charge in [0.15, 0.2) is 5.13 Å². The van der Waals surface area contributed by atoms with Crippen molar-refractivity contribution in [3.8, 4) is 5.75 Å². The van der Waals surface area contributed by atoms with Gasteiger partial charge in [0.05, 0.1) is 21.7 Å². The van der Waals surface area contributed by atoms with Crippen molar-refractivity contribution in [1.82, 2.24) is 14.2 Å². The van der Waals surface area contributed by atoms with E-state index in [9.17, 15) is 13.2 Å². The summed E-state index contributed by atoms with van der Waals surface area (Å²) in [6.07, 6.45) is 3.81. The Bertz CT molecular complexity index is 1320. The van der Waals surface area contributed by atoms with Gasteiger partial charge in [-0.2, -0.15) is 4.31 Å². The summed E-state index contributed by atoms with van der Waals surface area (Å²) in [5, 5.41) is 0.590. The number of carbonyl (C=O) groups is 1. The van der Waals surface area contributed by atoms with Crippen molar-refractivity contribution in [1.29, 1.82) is 0 Å². The molecule has 3 rings (SSSR count). The van der Waals surface area contributed by atoms with E-state index < -0.39 is 10.0 Å². The second-order valence-electron chi connectivity index (χ2n) is 8.60. The molecule has 8 nitrogen and oxygen atoms in total. The van der Waals surface area contributed by atoms with Crippen LogP contribution in [0.2, 0.25) is 0 Å². The third-order valence-corrected chi connectivity index (χ3v) is 8.41. The van der Waals surface area contributed by atoms with E-state index in [1.165, 1.54) is 39.9 Å². The molecule has 0 saturated carbocycles. The van der Waals surface area contributed by atoms with Crippen molar-refractivity contribution in [3.05, 3.63) is 73.3 Å². The number of hydrogen-bond donors (Lipinski definition) is 0. The Morgan fingerprint density at radius 2 is 1.73 bits per heavy atom. The van der Waals surface area contributed by atoms with Gasteiger partial charge >= 0.3 is 0 Å². The number of aromatic nitrogens is 1. The van der Waals surface area contributed by atoms with E-state index in [0.717, 1.165) is 28.9 Å². The minimum Gasteiger partial charge on any atom is -0.494 e. The van der Waals surface area contributed by atoms with Gasteiger partial charge in [0.2, 0.25) is 10.0 Å². The van der Waals surface area contributed by atoms with Crippen LogP contribution in [0.15, 0.2) is 72.7 Å². The highest BCUT2D eigenvalue weighted by molar-refractivity contribution is 7.89. The molecule has 0 aliphatic heterocycles. The van der Waals surface area contributed by atoms with Crippen LogP contribution in [0.4, 0.5) is 5.13 Å². The van der Waals surface area contributed by atoms with Crippen LogP contribution in [-0.4, -0.2) is 75.4 Å². The topological polar surface area (TPSA) is 83.1 Å². The van der Waals surface area contributed by atoms with E-state index in [4.69, 9.17) is 9.72 Å². The molecule has 3 aromatic rings. The van der Waals surface area contributed by atoms with Crippen LogP contribution in [0.1, 0.15) is 23.7 Å². The Morgan fingerprint density at radius 3 is 2.32 bits per heavy atom. The number of benzene rings is 2. The number of fused-ring (bicyclic) bond motifs is 1. The molecule has 0 N–H and O–H groups in total. The molecule has 0 saturated heterocycles. The first-order valence-corrected chi connectivity index (χ1v) is 14.3. The van der Waals surface area contributed by atoms with Crippen molar-refractivity contribution in [2.75, 3.05) is 51.8 Å². The molecular formula is C27H34N4O4S2. The Morgan fingerprint density at radius 1 is 1.05 bits per heavy atom. The summed E-state index contributed by atoms with van der Waals surface area (Å²) in [6, 6.07) is 11.7. The van der Waals surface area contributed by atoms with E-state index in [1.54, 1.807) is 17.0 Å². The number of amides is 1. The average Bonchev–Trinajstić information content (AvgIpc) is 3.29. The SMILES string of the molecule is C=CCN(CC=C)S(=O)(=O)c1ccc(C(=O)N(CCCN(C)C)c2nc3ccc(OCC)cc3s2)cc1. The van der Waals surface area contributed by atoms with E-state index in [0.29, 0.717) is 23.8 Å². The van der Waals surface area contributed by atoms with Gasteiger partial charge in [-0.1, -0.05) is 23.5 Å². The summed E-state index contributed by atoms with van der Waals surface area (Å²) in [5.41, 5.74) is 1.18. The number of ether oxygens (including phenoxy) is 1. The lowest BCUT2D eigenvalue weighted by molar-refractivity contribution is 0.0986. The molecule has 0 radical (unpaired) electrons. The summed E-state index contributed by atoms with van der Waals surface area (Å²) in [4.78, 5) is 22.2. The van der Waals surface area contributed by atoms with Gasteiger partial charge in [0.1, 0.15) is 5.75 Å². The molecule has 0 unspecified atom stereocenters. The van der Waals surface area contributed by atoms with Gasteiger partial charge in [-0.3, -0.25) is 9.69 Å². The lowest BCUT2D eigenvalue weighted by Crippen LogP contribution is -2.33. The first-order chi connectivity index (χ1) is 17.7. The minimum atomic E-state index is -3.75. The highest BCUT2D eigenvalue weighted by Gasteiger charge is 2.25. The molecule has 0 aliphatic carbocycles. The monoisotopic (exact) mass is 542 g/mol. The zero-order valence-electron chi connectivity index (χ0n) is 21.6. The number of nitrogens with zero attached hydrogens (tertiary/aromatic N) is 4. The van der Waals surface area contributed by atoms with E-state index in [1.807, 2.05) is 39.2 Å². The zero-order valence-corrected chi connectivity index (χ0v) is 23.2. The largest absolute Gasteiger partial charge is 0.494 e. The van der Waals surface area contributed by atoms with Crippen LogP contribution in [0.5, 0.6) is 5.75 Å². The molecule has 0 aliphatic rings.